The Bertz CT molecular complexity index is 617. The lowest BCUT2D eigenvalue weighted by Gasteiger charge is -2.11. The van der Waals surface area contributed by atoms with Crippen molar-refractivity contribution in [2.75, 3.05) is 0 Å². The van der Waals surface area contributed by atoms with Crippen LogP contribution in [0.4, 0.5) is 4.39 Å². The molecular formula is C15H14Br2FNO. The van der Waals surface area contributed by atoms with E-state index in [0.29, 0.717) is 12.2 Å². The highest BCUT2D eigenvalue weighted by Crippen LogP contribution is 2.33. The van der Waals surface area contributed by atoms with E-state index in [9.17, 15) is 4.39 Å². The van der Waals surface area contributed by atoms with Gasteiger partial charge in [-0.25, -0.2) is 4.39 Å². The van der Waals surface area contributed by atoms with Crippen molar-refractivity contribution in [2.24, 2.45) is 5.73 Å². The molecular weight excluding hydrogens is 389 g/mol. The van der Waals surface area contributed by atoms with Crippen LogP contribution in [0.25, 0.3) is 0 Å². The van der Waals surface area contributed by atoms with Gasteiger partial charge in [-0.05, 0) is 65.2 Å². The summed E-state index contributed by atoms with van der Waals surface area (Å²) in [6, 6.07) is 10.4. The zero-order valence-corrected chi connectivity index (χ0v) is 14.0. The van der Waals surface area contributed by atoms with Crippen LogP contribution in [0.2, 0.25) is 0 Å². The zero-order chi connectivity index (χ0) is 14.7. The number of halogens is 3. The van der Waals surface area contributed by atoms with Gasteiger partial charge in [0.25, 0.3) is 0 Å². The summed E-state index contributed by atoms with van der Waals surface area (Å²) in [4.78, 5) is 0. The lowest BCUT2D eigenvalue weighted by molar-refractivity contribution is 0.439. The Morgan fingerprint density at radius 1 is 1.15 bits per heavy atom. The fourth-order valence-corrected chi connectivity index (χ4v) is 2.93. The van der Waals surface area contributed by atoms with Crippen molar-refractivity contribution in [1.29, 1.82) is 0 Å². The fourth-order valence-electron chi connectivity index (χ4n) is 1.80. The van der Waals surface area contributed by atoms with Crippen LogP contribution >= 0.6 is 31.9 Å². The van der Waals surface area contributed by atoms with Gasteiger partial charge in [0.05, 0.1) is 4.47 Å². The van der Waals surface area contributed by atoms with Crippen molar-refractivity contribution in [2.45, 2.75) is 19.4 Å². The second kappa shape index (κ2) is 6.70. The maximum absolute atomic E-state index is 14.0. The van der Waals surface area contributed by atoms with Gasteiger partial charge in [0.1, 0.15) is 5.75 Å². The molecule has 5 heteroatoms. The lowest BCUT2D eigenvalue weighted by Crippen LogP contribution is -2.17. The first kappa shape index (κ1) is 15.5. The Hall–Kier alpha value is -0.910. The summed E-state index contributed by atoms with van der Waals surface area (Å²) in [6.45, 7) is 1.89. The summed E-state index contributed by atoms with van der Waals surface area (Å²) in [7, 11) is 0. The van der Waals surface area contributed by atoms with E-state index in [4.69, 9.17) is 10.5 Å². The first-order valence-electron chi connectivity index (χ1n) is 6.12. The maximum Gasteiger partial charge on any atom is 0.165 e. The molecule has 0 aliphatic heterocycles. The van der Waals surface area contributed by atoms with Crippen molar-refractivity contribution in [1.82, 2.24) is 0 Å². The number of hydrogen-bond acceptors (Lipinski definition) is 2. The van der Waals surface area contributed by atoms with Crippen LogP contribution in [0.15, 0.2) is 45.3 Å². The Morgan fingerprint density at radius 3 is 2.45 bits per heavy atom. The molecule has 2 nitrogen and oxygen atoms in total. The minimum Gasteiger partial charge on any atom is -0.453 e. The van der Waals surface area contributed by atoms with E-state index in [2.05, 4.69) is 31.9 Å². The van der Waals surface area contributed by atoms with E-state index in [0.717, 1.165) is 14.5 Å². The van der Waals surface area contributed by atoms with E-state index in [-0.39, 0.29) is 11.8 Å². The van der Waals surface area contributed by atoms with E-state index < -0.39 is 5.82 Å². The normalized spacial score (nSPS) is 12.2. The molecule has 0 spiro atoms. The molecule has 20 heavy (non-hydrogen) atoms. The Kier molecular flexibility index (Phi) is 5.18. The van der Waals surface area contributed by atoms with E-state index in [1.807, 2.05) is 25.1 Å². The predicted molar refractivity (Wildman–Crippen MR) is 85.7 cm³/mol. The van der Waals surface area contributed by atoms with Crippen LogP contribution in [0.1, 0.15) is 12.5 Å². The van der Waals surface area contributed by atoms with Crippen LogP contribution < -0.4 is 10.5 Å². The van der Waals surface area contributed by atoms with Crippen LogP contribution in [0, 0.1) is 5.82 Å². The van der Waals surface area contributed by atoms with E-state index >= 15 is 0 Å². The maximum atomic E-state index is 14.0. The third-order valence-corrected chi connectivity index (χ3v) is 3.78. The minimum atomic E-state index is -0.391. The monoisotopic (exact) mass is 401 g/mol. The van der Waals surface area contributed by atoms with Crippen molar-refractivity contribution >= 4 is 31.9 Å². The molecule has 1 unspecified atom stereocenters. The molecule has 0 fully saturated rings. The van der Waals surface area contributed by atoms with E-state index in [1.165, 1.54) is 6.07 Å². The van der Waals surface area contributed by atoms with Crippen LogP contribution in [-0.4, -0.2) is 6.04 Å². The summed E-state index contributed by atoms with van der Waals surface area (Å²) >= 11 is 6.74. The number of benzene rings is 2. The highest BCUT2D eigenvalue weighted by Gasteiger charge is 2.09. The standard InChI is InChI=1S/C15H14Br2FNO/c1-9(19)6-10-2-4-15(13(18)7-10)20-14-5-3-11(16)8-12(14)17/h2-5,7-9H,6,19H2,1H3. The summed E-state index contributed by atoms with van der Waals surface area (Å²) in [5.74, 6) is 0.367. The Morgan fingerprint density at radius 2 is 1.85 bits per heavy atom. The second-order valence-electron chi connectivity index (χ2n) is 4.62. The molecule has 0 aliphatic carbocycles. The molecule has 2 N–H and O–H groups in total. The SMILES string of the molecule is CC(N)Cc1ccc(Oc2ccc(Br)cc2Br)c(F)c1. The minimum absolute atomic E-state index is 0.00165. The average Bonchev–Trinajstić information content (AvgIpc) is 2.34. The molecule has 2 rings (SSSR count). The molecule has 0 saturated carbocycles. The summed E-state index contributed by atoms with van der Waals surface area (Å²) in [5.41, 5.74) is 6.57. The van der Waals surface area contributed by atoms with Gasteiger partial charge in [-0.15, -0.1) is 0 Å². The van der Waals surface area contributed by atoms with Gasteiger partial charge in [-0.3, -0.25) is 0 Å². The average molecular weight is 403 g/mol. The van der Waals surface area contributed by atoms with Crippen LogP contribution in [0.3, 0.4) is 0 Å². The molecule has 1 atom stereocenters. The van der Waals surface area contributed by atoms with Crippen molar-refractivity contribution < 1.29 is 9.13 Å². The smallest absolute Gasteiger partial charge is 0.165 e. The summed E-state index contributed by atoms with van der Waals surface area (Å²) in [6.07, 6.45) is 0.638. The van der Waals surface area contributed by atoms with Gasteiger partial charge in [-0.2, -0.15) is 0 Å². The highest BCUT2D eigenvalue weighted by atomic mass is 79.9. The van der Waals surface area contributed by atoms with Gasteiger partial charge in [0.2, 0.25) is 0 Å². The molecule has 2 aromatic rings. The van der Waals surface area contributed by atoms with Crippen LogP contribution in [0.5, 0.6) is 11.5 Å². The third-order valence-electron chi connectivity index (χ3n) is 2.67. The van der Waals surface area contributed by atoms with Crippen LogP contribution in [-0.2, 0) is 6.42 Å². The largest absolute Gasteiger partial charge is 0.453 e. The zero-order valence-electron chi connectivity index (χ0n) is 10.9. The number of rotatable bonds is 4. The van der Waals surface area contributed by atoms with Gasteiger partial charge in [0.15, 0.2) is 11.6 Å². The molecule has 106 valence electrons. The summed E-state index contributed by atoms with van der Waals surface area (Å²) in [5, 5.41) is 0. The van der Waals surface area contributed by atoms with Gasteiger partial charge < -0.3 is 10.5 Å². The van der Waals surface area contributed by atoms with Crippen molar-refractivity contribution in [3.63, 3.8) is 0 Å². The van der Waals surface area contributed by atoms with Gasteiger partial charge in [-0.1, -0.05) is 22.0 Å². The first-order valence-corrected chi connectivity index (χ1v) is 7.71. The number of hydrogen-bond donors (Lipinski definition) is 1. The number of ether oxygens (including phenoxy) is 1. The Balaban J connectivity index is 2.21. The van der Waals surface area contributed by atoms with Gasteiger partial charge in [0, 0.05) is 10.5 Å². The van der Waals surface area contributed by atoms with Crippen molar-refractivity contribution in [3.8, 4) is 11.5 Å². The van der Waals surface area contributed by atoms with Gasteiger partial charge >= 0.3 is 0 Å². The topological polar surface area (TPSA) is 35.2 Å². The molecule has 0 aromatic heterocycles. The van der Waals surface area contributed by atoms with Crippen molar-refractivity contribution in [3.05, 3.63) is 56.7 Å². The third kappa shape index (κ3) is 4.04. The first-order chi connectivity index (χ1) is 9.45. The quantitative estimate of drug-likeness (QED) is 0.777. The van der Waals surface area contributed by atoms with E-state index in [1.54, 1.807) is 12.1 Å². The molecule has 0 bridgehead atoms. The summed E-state index contributed by atoms with van der Waals surface area (Å²) < 4.78 is 21.3. The molecule has 2 aromatic carbocycles. The lowest BCUT2D eigenvalue weighted by atomic mass is 10.1. The molecule has 0 radical (unpaired) electrons. The molecule has 0 saturated heterocycles. The Labute approximate surface area is 134 Å². The molecule has 0 heterocycles. The number of nitrogens with two attached hydrogens (primary N) is 1. The second-order valence-corrected chi connectivity index (χ2v) is 6.39. The molecule has 0 aliphatic rings. The highest BCUT2D eigenvalue weighted by molar-refractivity contribution is 9.11. The fraction of sp³-hybridized carbons (Fsp3) is 0.200. The molecule has 0 amide bonds. The predicted octanol–water partition coefficient (Wildman–Crippen LogP) is 5.03.